The van der Waals surface area contributed by atoms with E-state index in [0.29, 0.717) is 0 Å². The van der Waals surface area contributed by atoms with E-state index in [-0.39, 0.29) is 6.04 Å². The molecule has 18 heavy (non-hydrogen) atoms. The van der Waals surface area contributed by atoms with Gasteiger partial charge < -0.3 is 5.32 Å². The van der Waals surface area contributed by atoms with Gasteiger partial charge in [0.05, 0.1) is 11.7 Å². The second-order valence-electron chi connectivity index (χ2n) is 4.62. The van der Waals surface area contributed by atoms with Crippen LogP contribution in [0, 0.1) is 17.4 Å². The van der Waals surface area contributed by atoms with Crippen LogP contribution in [-0.4, -0.2) is 9.78 Å². The molecule has 0 bridgehead atoms. The Bertz CT molecular complexity index is 560. The van der Waals surface area contributed by atoms with Crippen molar-refractivity contribution in [3.63, 3.8) is 0 Å². The summed E-state index contributed by atoms with van der Waals surface area (Å²) in [5.74, 6) is 0. The molecule has 0 aliphatic carbocycles. The van der Waals surface area contributed by atoms with Crippen molar-refractivity contribution in [3.8, 4) is 0 Å². The van der Waals surface area contributed by atoms with Gasteiger partial charge in [0, 0.05) is 28.1 Å². The van der Waals surface area contributed by atoms with Gasteiger partial charge in [-0.15, -0.1) is 0 Å². The summed E-state index contributed by atoms with van der Waals surface area (Å²) in [7, 11) is 1.96. The summed E-state index contributed by atoms with van der Waals surface area (Å²) in [6, 6.07) is 6.59. The zero-order chi connectivity index (χ0) is 13.3. The minimum absolute atomic E-state index is 0.260. The summed E-state index contributed by atoms with van der Waals surface area (Å²) in [6.45, 7) is 6.37. The van der Waals surface area contributed by atoms with E-state index in [1.54, 1.807) is 0 Å². The van der Waals surface area contributed by atoms with Crippen molar-refractivity contribution >= 4 is 28.3 Å². The third-order valence-electron chi connectivity index (χ3n) is 3.16. The SMILES string of the molecule is Cc1nn(C)cc1C(C)Nc1cccc(I)c1C. The predicted molar refractivity (Wildman–Crippen MR) is 83.9 cm³/mol. The van der Waals surface area contributed by atoms with Crippen molar-refractivity contribution in [3.05, 3.63) is 44.8 Å². The molecule has 96 valence electrons. The monoisotopic (exact) mass is 355 g/mol. The van der Waals surface area contributed by atoms with Crippen molar-refractivity contribution in [2.45, 2.75) is 26.8 Å². The second kappa shape index (κ2) is 5.30. The number of benzene rings is 1. The number of nitrogens with zero attached hydrogens (tertiary/aromatic N) is 2. The molecule has 0 aliphatic rings. The van der Waals surface area contributed by atoms with Crippen molar-refractivity contribution in [2.24, 2.45) is 7.05 Å². The average molecular weight is 355 g/mol. The molecule has 1 aromatic heterocycles. The van der Waals surface area contributed by atoms with Gasteiger partial charge in [0.1, 0.15) is 0 Å². The highest BCUT2D eigenvalue weighted by Gasteiger charge is 2.12. The number of aryl methyl sites for hydroxylation is 2. The van der Waals surface area contributed by atoms with Gasteiger partial charge in [-0.1, -0.05) is 6.07 Å². The first kappa shape index (κ1) is 13.4. The van der Waals surface area contributed by atoms with Crippen molar-refractivity contribution in [2.75, 3.05) is 5.32 Å². The largest absolute Gasteiger partial charge is 0.378 e. The van der Waals surface area contributed by atoms with Crippen molar-refractivity contribution < 1.29 is 0 Å². The maximum atomic E-state index is 4.39. The maximum absolute atomic E-state index is 4.39. The van der Waals surface area contributed by atoms with E-state index in [2.05, 4.69) is 78.2 Å². The lowest BCUT2D eigenvalue weighted by Gasteiger charge is -2.17. The smallest absolute Gasteiger partial charge is 0.0646 e. The van der Waals surface area contributed by atoms with Crippen LogP contribution in [0.1, 0.15) is 29.8 Å². The molecule has 0 saturated carbocycles. The summed E-state index contributed by atoms with van der Waals surface area (Å²) in [5.41, 5.74) is 4.82. The van der Waals surface area contributed by atoms with Crippen LogP contribution in [0.3, 0.4) is 0 Å². The molecule has 0 saturated heterocycles. The van der Waals surface area contributed by atoms with E-state index in [1.807, 2.05) is 11.7 Å². The molecule has 1 heterocycles. The van der Waals surface area contributed by atoms with Gasteiger partial charge in [-0.05, 0) is 61.1 Å². The zero-order valence-electron chi connectivity index (χ0n) is 11.2. The molecule has 2 aromatic rings. The molecule has 0 amide bonds. The molecule has 0 fully saturated rings. The van der Waals surface area contributed by atoms with Crippen LogP contribution >= 0.6 is 22.6 Å². The van der Waals surface area contributed by atoms with Crippen molar-refractivity contribution in [1.29, 1.82) is 0 Å². The summed E-state index contributed by atoms with van der Waals surface area (Å²) >= 11 is 2.37. The Morgan fingerprint density at radius 3 is 2.67 bits per heavy atom. The Hall–Kier alpha value is -1.04. The number of nitrogens with one attached hydrogen (secondary N) is 1. The van der Waals surface area contributed by atoms with Crippen LogP contribution in [-0.2, 0) is 7.05 Å². The molecule has 3 nitrogen and oxygen atoms in total. The molecular weight excluding hydrogens is 337 g/mol. The van der Waals surface area contributed by atoms with Gasteiger partial charge in [-0.25, -0.2) is 0 Å². The molecule has 0 radical (unpaired) electrons. The number of hydrogen-bond acceptors (Lipinski definition) is 2. The molecule has 0 aliphatic heterocycles. The Balaban J connectivity index is 2.24. The number of anilines is 1. The molecule has 1 atom stereocenters. The quantitative estimate of drug-likeness (QED) is 0.849. The predicted octanol–water partition coefficient (Wildman–Crippen LogP) is 3.81. The Morgan fingerprint density at radius 2 is 2.06 bits per heavy atom. The number of hydrogen-bond donors (Lipinski definition) is 1. The standard InChI is InChI=1S/C14H18IN3/c1-9-13(15)6-5-7-14(9)16-10(2)12-8-18(4)17-11(12)3/h5-8,10,16H,1-4H3. The number of aromatic nitrogens is 2. The first-order chi connectivity index (χ1) is 8.49. The van der Waals surface area contributed by atoms with Crippen LogP contribution in [0.5, 0.6) is 0 Å². The first-order valence-electron chi connectivity index (χ1n) is 6.01. The van der Waals surface area contributed by atoms with Gasteiger partial charge in [-0.2, -0.15) is 5.10 Å². The van der Waals surface area contributed by atoms with Gasteiger partial charge >= 0.3 is 0 Å². The fourth-order valence-electron chi connectivity index (χ4n) is 2.12. The average Bonchev–Trinajstić information content (AvgIpc) is 2.64. The van der Waals surface area contributed by atoms with E-state index in [9.17, 15) is 0 Å². The topological polar surface area (TPSA) is 29.9 Å². The van der Waals surface area contributed by atoms with E-state index in [0.717, 1.165) is 5.69 Å². The van der Waals surface area contributed by atoms with Gasteiger partial charge in [0.25, 0.3) is 0 Å². The summed E-state index contributed by atoms with van der Waals surface area (Å²) in [4.78, 5) is 0. The van der Waals surface area contributed by atoms with E-state index < -0.39 is 0 Å². The highest BCUT2D eigenvalue weighted by Crippen LogP contribution is 2.26. The Kier molecular flexibility index (Phi) is 3.94. The van der Waals surface area contributed by atoms with Crippen LogP contribution in [0.4, 0.5) is 5.69 Å². The van der Waals surface area contributed by atoms with Gasteiger partial charge in [-0.3, -0.25) is 4.68 Å². The molecule has 1 aromatic carbocycles. The van der Waals surface area contributed by atoms with Crippen LogP contribution < -0.4 is 5.32 Å². The van der Waals surface area contributed by atoms with Gasteiger partial charge in [0.2, 0.25) is 0 Å². The fraction of sp³-hybridized carbons (Fsp3) is 0.357. The Morgan fingerprint density at radius 1 is 1.33 bits per heavy atom. The van der Waals surface area contributed by atoms with Crippen LogP contribution in [0.25, 0.3) is 0 Å². The minimum Gasteiger partial charge on any atom is -0.378 e. The highest BCUT2D eigenvalue weighted by molar-refractivity contribution is 14.1. The lowest BCUT2D eigenvalue weighted by Crippen LogP contribution is -2.08. The lowest BCUT2D eigenvalue weighted by molar-refractivity contribution is 0.756. The molecule has 4 heteroatoms. The second-order valence-corrected chi connectivity index (χ2v) is 5.78. The van der Waals surface area contributed by atoms with E-state index >= 15 is 0 Å². The highest BCUT2D eigenvalue weighted by atomic mass is 127. The van der Waals surface area contributed by atoms with E-state index in [4.69, 9.17) is 0 Å². The summed E-state index contributed by atoms with van der Waals surface area (Å²) in [5, 5.41) is 7.95. The van der Waals surface area contributed by atoms with Crippen LogP contribution in [0.2, 0.25) is 0 Å². The van der Waals surface area contributed by atoms with Gasteiger partial charge in [0.15, 0.2) is 0 Å². The molecular formula is C14H18IN3. The third kappa shape index (κ3) is 2.68. The molecule has 0 spiro atoms. The molecule has 1 unspecified atom stereocenters. The summed E-state index contributed by atoms with van der Waals surface area (Å²) < 4.78 is 3.15. The number of halogens is 1. The number of rotatable bonds is 3. The lowest BCUT2D eigenvalue weighted by atomic mass is 10.1. The molecule has 1 N–H and O–H groups in total. The minimum atomic E-state index is 0.260. The van der Waals surface area contributed by atoms with Crippen LogP contribution in [0.15, 0.2) is 24.4 Å². The fourth-order valence-corrected chi connectivity index (χ4v) is 2.62. The molecule has 2 rings (SSSR count). The zero-order valence-corrected chi connectivity index (χ0v) is 13.3. The van der Waals surface area contributed by atoms with Crippen molar-refractivity contribution in [1.82, 2.24) is 9.78 Å². The Labute approximate surface area is 122 Å². The first-order valence-corrected chi connectivity index (χ1v) is 7.08. The third-order valence-corrected chi connectivity index (χ3v) is 4.33. The normalized spacial score (nSPS) is 12.5. The maximum Gasteiger partial charge on any atom is 0.0646 e. The van der Waals surface area contributed by atoms with E-state index in [1.165, 1.54) is 20.4 Å². The summed E-state index contributed by atoms with van der Waals surface area (Å²) in [6.07, 6.45) is 2.08.